The van der Waals surface area contributed by atoms with Gasteiger partial charge in [-0.3, -0.25) is 9.59 Å². The van der Waals surface area contributed by atoms with Gasteiger partial charge in [0.05, 0.1) is 25.3 Å². The summed E-state index contributed by atoms with van der Waals surface area (Å²) in [4.78, 5) is 58.9. The van der Waals surface area contributed by atoms with Crippen LogP contribution in [0.3, 0.4) is 0 Å². The van der Waals surface area contributed by atoms with E-state index in [-0.39, 0.29) is 28.6 Å². The Morgan fingerprint density at radius 2 is 0.496 bits per heavy atom. The number of anilines is 12. The topological polar surface area (TPSA) is 118 Å². The summed E-state index contributed by atoms with van der Waals surface area (Å²) in [7, 11) is 2.93. The zero-order valence-corrected chi connectivity index (χ0v) is 69.9. The maximum Gasteiger partial charge on any atom is 0.411 e. The zero-order chi connectivity index (χ0) is 88.9. The van der Waals surface area contributed by atoms with Gasteiger partial charge in [0.2, 0.25) is 5.41 Å². The first-order valence-electron chi connectivity index (χ1n) is 40.8. The Bertz CT molecular complexity index is 6520. The maximum absolute atomic E-state index is 14.7. The van der Waals surface area contributed by atoms with E-state index in [4.69, 9.17) is 18.9 Å². The number of esters is 2. The fourth-order valence-electron chi connectivity index (χ4n) is 15.5. The van der Waals surface area contributed by atoms with E-state index in [1.54, 1.807) is 51.3 Å². The van der Waals surface area contributed by atoms with Crippen LogP contribution >= 0.6 is 0 Å². The summed E-state index contributed by atoms with van der Waals surface area (Å²) in [5, 5.41) is 0. The molecule has 16 aromatic carbocycles. The van der Waals surface area contributed by atoms with Gasteiger partial charge < -0.3 is 38.5 Å². The Balaban J connectivity index is 0.000000197. The van der Waals surface area contributed by atoms with Crippen LogP contribution in [0.1, 0.15) is 77.5 Å². The lowest BCUT2D eigenvalue weighted by Gasteiger charge is -2.38. The average molecular weight is 1690 g/mol. The van der Waals surface area contributed by atoms with E-state index in [1.165, 1.54) is 19.2 Å². The number of alkyl halides is 6. The number of ether oxygens (including phenoxy) is 4. The number of carbonyl (C=O) groups excluding carboxylic acids is 4. The van der Waals surface area contributed by atoms with E-state index in [2.05, 4.69) is 113 Å². The summed E-state index contributed by atoms with van der Waals surface area (Å²) in [6.07, 6.45) is -11.6. The Hall–Kier alpha value is -15.8. The number of benzene rings is 16. The number of methoxy groups -OCH3 is 2. The first kappa shape index (κ1) is 86.1. The second-order valence-corrected chi connectivity index (χ2v) is 30.1. The minimum atomic E-state index is -5.79. The van der Waals surface area contributed by atoms with Gasteiger partial charge in [-0.05, 0) is 290 Å². The van der Waals surface area contributed by atoms with E-state index >= 15 is 0 Å². The highest BCUT2D eigenvalue weighted by molar-refractivity contribution is 5.97. The molecule has 0 radical (unpaired) electrons. The molecule has 16 rings (SSSR count). The van der Waals surface area contributed by atoms with Crippen molar-refractivity contribution < 1.29 is 64.5 Å². The van der Waals surface area contributed by atoms with Crippen LogP contribution in [-0.4, -0.2) is 50.1 Å². The molecule has 16 aromatic rings. The third kappa shape index (κ3) is 19.0. The quantitative estimate of drug-likeness (QED) is 0.0235. The number of hydrogen-bond acceptors (Lipinski definition) is 12. The number of halogens is 6. The molecular weight excluding hydrogens is 1610 g/mol. The monoisotopic (exact) mass is 1690 g/mol. The van der Waals surface area contributed by atoms with E-state index in [0.717, 1.165) is 149 Å². The number of hydrogen-bond donors (Lipinski definition) is 0. The fourth-order valence-corrected chi connectivity index (χ4v) is 15.5. The van der Waals surface area contributed by atoms with Crippen molar-refractivity contribution in [3.05, 3.63) is 445 Å². The molecule has 0 heterocycles. The van der Waals surface area contributed by atoms with Crippen LogP contribution < -0.4 is 38.5 Å². The van der Waals surface area contributed by atoms with E-state index in [1.807, 2.05) is 229 Å². The Kier molecular flexibility index (Phi) is 25.7. The summed E-state index contributed by atoms with van der Waals surface area (Å²) in [5.74, 6) is -0.232. The van der Waals surface area contributed by atoms with E-state index in [0.29, 0.717) is 40.3 Å². The second kappa shape index (κ2) is 37.9. The lowest BCUT2D eigenvalue weighted by Crippen LogP contribution is -2.54. The summed E-state index contributed by atoms with van der Waals surface area (Å²) in [5.41, 5.74) is 14.8. The molecule has 12 nitrogen and oxygen atoms in total. The van der Waals surface area contributed by atoms with Crippen LogP contribution in [-0.2, 0) is 5.41 Å². The molecule has 0 spiro atoms. The predicted octanol–water partition coefficient (Wildman–Crippen LogP) is 29.1. The molecule has 0 atom stereocenters. The summed E-state index contributed by atoms with van der Waals surface area (Å²) < 4.78 is 110. The molecule has 0 aliphatic rings. The van der Waals surface area contributed by atoms with Gasteiger partial charge in [-0.1, -0.05) is 182 Å². The molecule has 0 N–H and O–H groups in total. The minimum Gasteiger partial charge on any atom is -0.497 e. The lowest BCUT2D eigenvalue weighted by molar-refractivity contribution is -0.288. The molecule has 127 heavy (non-hydrogen) atoms. The molecule has 0 unspecified atom stereocenters. The first-order chi connectivity index (χ1) is 61.4. The van der Waals surface area contributed by atoms with Crippen LogP contribution in [0.25, 0.3) is 33.4 Å². The van der Waals surface area contributed by atoms with Crippen molar-refractivity contribution in [3.63, 3.8) is 0 Å². The van der Waals surface area contributed by atoms with Crippen molar-refractivity contribution in [1.29, 1.82) is 0 Å². The third-order valence-electron chi connectivity index (χ3n) is 22.0. The highest BCUT2D eigenvalue weighted by Crippen LogP contribution is 2.57. The van der Waals surface area contributed by atoms with Gasteiger partial charge >= 0.3 is 24.3 Å². The van der Waals surface area contributed by atoms with Crippen molar-refractivity contribution in [2.45, 2.75) is 45.5 Å². The summed E-state index contributed by atoms with van der Waals surface area (Å²) in [6, 6.07) is 120. The van der Waals surface area contributed by atoms with Gasteiger partial charge in [-0.25, -0.2) is 9.59 Å². The molecule has 0 saturated heterocycles. The van der Waals surface area contributed by atoms with Crippen LogP contribution in [0.2, 0.25) is 0 Å². The van der Waals surface area contributed by atoms with Crippen molar-refractivity contribution in [1.82, 2.24) is 0 Å². The number of Topliss-reactive ketones (excluding diaryl/α,β-unsaturated/α-hetero) is 2. The number of rotatable bonds is 25. The second-order valence-electron chi connectivity index (χ2n) is 30.1. The van der Waals surface area contributed by atoms with Crippen LogP contribution in [0, 0.1) is 13.8 Å². The van der Waals surface area contributed by atoms with Crippen molar-refractivity contribution in [2.75, 3.05) is 33.8 Å². The summed E-state index contributed by atoms with van der Waals surface area (Å²) in [6.45, 7) is 7.40. The number of carbonyl (C=O) groups is 4. The molecule has 18 heteroatoms. The molecule has 0 aliphatic carbocycles. The van der Waals surface area contributed by atoms with Crippen LogP contribution in [0.4, 0.5) is 94.6 Å². The van der Waals surface area contributed by atoms with E-state index < -0.39 is 40.8 Å². The largest absolute Gasteiger partial charge is 0.497 e. The van der Waals surface area contributed by atoms with Gasteiger partial charge in [0.25, 0.3) is 0 Å². The molecule has 0 fully saturated rings. The zero-order valence-electron chi connectivity index (χ0n) is 69.9. The van der Waals surface area contributed by atoms with Gasteiger partial charge in [0, 0.05) is 91.5 Å². The maximum atomic E-state index is 14.7. The Morgan fingerprint density at radius 3 is 0.827 bits per heavy atom. The van der Waals surface area contributed by atoms with Crippen LogP contribution in [0.15, 0.2) is 400 Å². The number of nitrogens with zero attached hydrogens (tertiary/aromatic N) is 4. The van der Waals surface area contributed by atoms with Gasteiger partial charge in [0.15, 0.2) is 11.6 Å². The molecule has 0 amide bonds. The predicted molar refractivity (Wildman–Crippen MR) is 493 cm³/mol. The normalized spacial score (nSPS) is 11.3. The number of ketones is 2. The number of para-hydroxylation sites is 4. The van der Waals surface area contributed by atoms with Gasteiger partial charge in [0.1, 0.15) is 23.0 Å². The highest BCUT2D eigenvalue weighted by atomic mass is 19.4. The average Bonchev–Trinajstić information content (AvgIpc) is 0.714. The lowest BCUT2D eigenvalue weighted by atomic mass is 9.73. The van der Waals surface area contributed by atoms with Crippen LogP contribution in [0.5, 0.6) is 23.0 Å². The minimum absolute atomic E-state index is 0.00459. The smallest absolute Gasteiger partial charge is 0.411 e. The molecular formula is C109H84F6N4O8. The number of aryl methyl sites for hydroxylation is 2. The highest BCUT2D eigenvalue weighted by Gasteiger charge is 2.72. The van der Waals surface area contributed by atoms with Gasteiger partial charge in [-0.15, -0.1) is 0 Å². The molecule has 0 aromatic heterocycles. The van der Waals surface area contributed by atoms with Gasteiger partial charge in [-0.2, -0.15) is 26.3 Å². The molecule has 0 bridgehead atoms. The van der Waals surface area contributed by atoms with Crippen molar-refractivity contribution >= 4 is 91.8 Å². The van der Waals surface area contributed by atoms with E-state index in [9.17, 15) is 45.5 Å². The molecule has 630 valence electrons. The third-order valence-corrected chi connectivity index (χ3v) is 22.0. The molecule has 0 saturated carbocycles. The Labute approximate surface area is 732 Å². The van der Waals surface area contributed by atoms with Crippen molar-refractivity contribution in [3.8, 4) is 56.4 Å². The fraction of sp³-hybridized carbons (Fsp3) is 0.0826. The summed E-state index contributed by atoms with van der Waals surface area (Å²) >= 11 is 0. The standard InChI is InChI=1S/C55H40F6N2O4.C54H44N2O4/c1-37(64)38-13-25-46(26-14-38)62(44-9-5-3-6-10-44)47-27-15-39(16-28-47)40-17-29-48(30-18-40)63(45-11-7-4-8-12-45)49-31-19-41(20-32-49)52(65)67-51-35-23-43(24-36-51)53(54(56,57)58,55(59,60)61)42-21-33-50(66-2)34-22-42;1-37-33-48(55(44-13-7-5-8-14-44)46-17-11-19-50(35-46)59-4)29-31-52(37)53-32-30-49(34-38(53)2)56(45-15-9-6-10-16-45)47-18-12-20-51(36-47)60-54(58)43-27-25-42(26-28-43)41-23-21-40(22-24-41)39(3)57/h3-36H,1-2H3;5-36H,1-4H3. The molecule has 0 aliphatic heterocycles. The Morgan fingerprint density at radius 1 is 0.244 bits per heavy atom. The SMILES string of the molecule is COc1ccc(C(c2ccc(OC(=O)c3ccc(N(c4ccccc4)c4ccc(-c5ccc(N(c6ccccc6)c6ccc(C(C)=O)cc6)cc5)cc4)cc3)cc2)(C(F)(F)F)C(F)(F)F)cc1.COc1cccc(N(c2ccccc2)c2ccc(-c3ccc(N(c4ccccc4)c4cccc(OC(=O)c5ccc(-c6ccc(C(C)=O)cc6)cc5)c4)cc3C)c(C)c2)c1. The first-order valence-corrected chi connectivity index (χ1v) is 40.8. The van der Waals surface area contributed by atoms with Crippen molar-refractivity contribution in [2.24, 2.45) is 0 Å².